The van der Waals surface area contributed by atoms with Crippen LogP contribution in [-0.2, 0) is 20.9 Å². The highest BCUT2D eigenvalue weighted by Crippen LogP contribution is 2.36. The maximum atomic E-state index is 12.7. The zero-order chi connectivity index (χ0) is 17.9. The number of nitrogens with zero attached hydrogens (tertiary/aromatic N) is 1. The monoisotopic (exact) mass is 333 g/mol. The minimum Gasteiger partial charge on any atom is -0.444 e. The van der Waals surface area contributed by atoms with E-state index in [1.807, 2.05) is 65.0 Å². The molecule has 0 radical (unpaired) electrons. The zero-order valence-electron chi connectivity index (χ0n) is 15.1. The molecule has 1 aliphatic rings. The lowest BCUT2D eigenvalue weighted by molar-refractivity contribution is -0.147. The van der Waals surface area contributed by atoms with Gasteiger partial charge >= 0.3 is 12.1 Å². The third-order valence-electron chi connectivity index (χ3n) is 4.36. The van der Waals surface area contributed by atoms with Crippen LogP contribution in [0, 0.1) is 11.3 Å². The Morgan fingerprint density at radius 1 is 1.29 bits per heavy atom. The Bertz CT molecular complexity index is 579. The first-order valence-corrected chi connectivity index (χ1v) is 8.45. The summed E-state index contributed by atoms with van der Waals surface area (Å²) in [7, 11) is 0. The number of ether oxygens (including phenoxy) is 2. The molecule has 2 rings (SSSR count). The van der Waals surface area contributed by atoms with E-state index in [-0.39, 0.29) is 23.9 Å². The van der Waals surface area contributed by atoms with Crippen molar-refractivity contribution >= 4 is 12.1 Å². The Labute approximate surface area is 143 Å². The smallest absolute Gasteiger partial charge is 0.413 e. The number of cyclic esters (lactones) is 1. The zero-order valence-corrected chi connectivity index (χ0v) is 15.1. The van der Waals surface area contributed by atoms with Crippen LogP contribution >= 0.6 is 0 Å². The van der Waals surface area contributed by atoms with E-state index in [9.17, 15) is 9.59 Å². The predicted octanol–water partition coefficient (Wildman–Crippen LogP) is 3.97. The molecule has 0 aromatic heterocycles. The summed E-state index contributed by atoms with van der Waals surface area (Å²) in [5, 5.41) is 0. The lowest BCUT2D eigenvalue weighted by Crippen LogP contribution is -2.50. The first-order chi connectivity index (χ1) is 11.3. The molecule has 0 saturated carbocycles. The molecule has 0 bridgehead atoms. The summed E-state index contributed by atoms with van der Waals surface area (Å²) in [6, 6.07) is 8.89. The van der Waals surface area contributed by atoms with Crippen LogP contribution in [0.25, 0.3) is 0 Å². The highest BCUT2D eigenvalue weighted by atomic mass is 16.6. The summed E-state index contributed by atoms with van der Waals surface area (Å²) >= 11 is 0. The molecule has 1 heterocycles. The van der Waals surface area contributed by atoms with Gasteiger partial charge in [0.1, 0.15) is 12.6 Å². The van der Waals surface area contributed by atoms with Crippen LogP contribution in [0.5, 0.6) is 0 Å². The largest absolute Gasteiger partial charge is 0.444 e. The van der Waals surface area contributed by atoms with Crippen LogP contribution in [0.3, 0.4) is 0 Å². The number of esters is 1. The van der Waals surface area contributed by atoms with Gasteiger partial charge in [-0.2, -0.15) is 0 Å². The maximum absolute atomic E-state index is 12.7. The maximum Gasteiger partial charge on any atom is 0.413 e. The average Bonchev–Trinajstić information content (AvgIpc) is 2.90. The Morgan fingerprint density at radius 2 is 1.92 bits per heavy atom. The van der Waals surface area contributed by atoms with E-state index in [0.29, 0.717) is 0 Å². The van der Waals surface area contributed by atoms with Crippen LogP contribution in [0.4, 0.5) is 4.79 Å². The standard InChI is InChI=1S/C19H27NO4/c1-6-13(2)15-16(21)24-17(19(3,4)5)20(15)18(22)23-12-14-10-8-7-9-11-14/h7-11,13,15,17H,6,12H2,1-5H3/t13-,15-,17-/m0/s1. The van der Waals surface area contributed by atoms with Crippen LogP contribution in [0.15, 0.2) is 30.3 Å². The number of carbonyl (C=O) groups excluding carboxylic acids is 2. The molecule has 1 amide bonds. The fourth-order valence-electron chi connectivity index (χ4n) is 2.82. The van der Waals surface area contributed by atoms with Gasteiger partial charge in [-0.05, 0) is 11.5 Å². The summed E-state index contributed by atoms with van der Waals surface area (Å²) in [4.78, 5) is 26.6. The van der Waals surface area contributed by atoms with Gasteiger partial charge in [0.2, 0.25) is 0 Å². The van der Waals surface area contributed by atoms with Gasteiger partial charge in [-0.1, -0.05) is 71.4 Å². The summed E-state index contributed by atoms with van der Waals surface area (Å²) in [6.45, 7) is 9.96. The van der Waals surface area contributed by atoms with Crippen molar-refractivity contribution in [3.63, 3.8) is 0 Å². The number of hydrogen-bond donors (Lipinski definition) is 0. The number of rotatable bonds is 4. The van der Waals surface area contributed by atoms with E-state index in [2.05, 4.69) is 0 Å². The van der Waals surface area contributed by atoms with Gasteiger partial charge < -0.3 is 9.47 Å². The fraction of sp³-hybridized carbons (Fsp3) is 0.579. The lowest BCUT2D eigenvalue weighted by atomic mass is 9.92. The van der Waals surface area contributed by atoms with E-state index in [4.69, 9.17) is 9.47 Å². The summed E-state index contributed by atoms with van der Waals surface area (Å²) in [5.74, 6) is -0.338. The van der Waals surface area contributed by atoms with E-state index < -0.39 is 18.4 Å². The molecular weight excluding hydrogens is 306 g/mol. The van der Waals surface area contributed by atoms with E-state index in [1.165, 1.54) is 4.90 Å². The van der Waals surface area contributed by atoms with Crippen molar-refractivity contribution in [2.24, 2.45) is 11.3 Å². The van der Waals surface area contributed by atoms with Gasteiger partial charge in [0.05, 0.1) is 0 Å². The number of hydrogen-bond acceptors (Lipinski definition) is 4. The minimum atomic E-state index is -0.618. The first kappa shape index (κ1) is 18.3. The molecule has 0 spiro atoms. The molecule has 0 aliphatic carbocycles. The molecule has 5 nitrogen and oxygen atoms in total. The van der Waals surface area contributed by atoms with Crippen LogP contribution in [-0.4, -0.2) is 29.2 Å². The fourth-order valence-corrected chi connectivity index (χ4v) is 2.82. The highest BCUT2D eigenvalue weighted by Gasteiger charge is 2.52. The number of amides is 1. The second kappa shape index (κ2) is 7.24. The van der Waals surface area contributed by atoms with Gasteiger partial charge in [-0.3, -0.25) is 4.90 Å². The molecule has 5 heteroatoms. The number of benzene rings is 1. The molecule has 3 atom stereocenters. The Hall–Kier alpha value is -2.04. The molecule has 1 aliphatic heterocycles. The average molecular weight is 333 g/mol. The Kier molecular flexibility index (Phi) is 5.52. The third kappa shape index (κ3) is 3.89. The molecule has 0 N–H and O–H groups in total. The second-order valence-electron chi connectivity index (χ2n) is 7.43. The highest BCUT2D eigenvalue weighted by molar-refractivity contribution is 5.85. The van der Waals surface area contributed by atoms with Crippen molar-refractivity contribution in [2.45, 2.75) is 59.9 Å². The lowest BCUT2D eigenvalue weighted by Gasteiger charge is -2.34. The molecule has 1 aromatic rings. The Balaban J connectivity index is 2.19. The van der Waals surface area contributed by atoms with Crippen LogP contribution in [0.2, 0.25) is 0 Å². The van der Waals surface area contributed by atoms with Crippen molar-refractivity contribution in [1.82, 2.24) is 4.90 Å². The normalized spacial score (nSPS) is 22.2. The molecule has 1 aromatic carbocycles. The van der Waals surface area contributed by atoms with Crippen molar-refractivity contribution < 1.29 is 19.1 Å². The van der Waals surface area contributed by atoms with Crippen LogP contribution < -0.4 is 0 Å². The second-order valence-corrected chi connectivity index (χ2v) is 7.43. The number of carbonyl (C=O) groups is 2. The summed E-state index contributed by atoms with van der Waals surface area (Å²) < 4.78 is 11.0. The van der Waals surface area contributed by atoms with Gasteiger partial charge in [0.25, 0.3) is 0 Å². The summed E-state index contributed by atoms with van der Waals surface area (Å²) in [6.07, 6.45) is -0.346. The van der Waals surface area contributed by atoms with Gasteiger partial charge in [0.15, 0.2) is 6.23 Å². The summed E-state index contributed by atoms with van der Waals surface area (Å²) in [5.41, 5.74) is 0.522. The molecule has 0 unspecified atom stereocenters. The van der Waals surface area contributed by atoms with Crippen molar-refractivity contribution in [3.05, 3.63) is 35.9 Å². The first-order valence-electron chi connectivity index (χ1n) is 8.45. The topological polar surface area (TPSA) is 55.8 Å². The van der Waals surface area contributed by atoms with E-state index in [1.54, 1.807) is 0 Å². The van der Waals surface area contributed by atoms with Crippen LogP contribution in [0.1, 0.15) is 46.6 Å². The molecule has 1 saturated heterocycles. The van der Waals surface area contributed by atoms with E-state index >= 15 is 0 Å². The predicted molar refractivity (Wildman–Crippen MR) is 91.0 cm³/mol. The van der Waals surface area contributed by atoms with Crippen molar-refractivity contribution in [1.29, 1.82) is 0 Å². The van der Waals surface area contributed by atoms with Gasteiger partial charge in [-0.25, -0.2) is 9.59 Å². The molecular formula is C19H27NO4. The van der Waals surface area contributed by atoms with Gasteiger partial charge in [0, 0.05) is 5.41 Å². The van der Waals surface area contributed by atoms with Crippen molar-refractivity contribution in [3.8, 4) is 0 Å². The minimum absolute atomic E-state index is 0.00845. The molecule has 132 valence electrons. The third-order valence-corrected chi connectivity index (χ3v) is 4.36. The van der Waals surface area contributed by atoms with Crippen molar-refractivity contribution in [2.75, 3.05) is 0 Å². The van der Waals surface area contributed by atoms with Gasteiger partial charge in [-0.15, -0.1) is 0 Å². The Morgan fingerprint density at radius 3 is 2.46 bits per heavy atom. The van der Waals surface area contributed by atoms with E-state index in [0.717, 1.165) is 12.0 Å². The SMILES string of the molecule is CC[C@H](C)[C@H]1C(=O)O[C@@H](C(C)(C)C)N1C(=O)OCc1ccccc1. The quantitative estimate of drug-likeness (QED) is 0.782. The molecule has 1 fully saturated rings. The molecule has 24 heavy (non-hydrogen) atoms.